The molecular formula is C13H17N3O. The zero-order chi connectivity index (χ0) is 11.5. The third-order valence-electron chi connectivity index (χ3n) is 3.19. The van der Waals surface area contributed by atoms with E-state index in [0.29, 0.717) is 0 Å². The molecule has 2 heterocycles. The van der Waals surface area contributed by atoms with E-state index >= 15 is 0 Å². The average molecular weight is 231 g/mol. The number of nitrogens with one attached hydrogen (secondary N) is 2. The predicted molar refractivity (Wildman–Crippen MR) is 67.5 cm³/mol. The van der Waals surface area contributed by atoms with Gasteiger partial charge in [0.05, 0.1) is 13.2 Å². The Morgan fingerprint density at radius 3 is 3.00 bits per heavy atom. The Labute approximate surface area is 101 Å². The molecule has 1 aromatic carbocycles. The first kappa shape index (κ1) is 10.8. The third-order valence-corrected chi connectivity index (χ3v) is 3.19. The Morgan fingerprint density at radius 1 is 1.24 bits per heavy atom. The number of aromatic nitrogens is 1. The van der Waals surface area contributed by atoms with E-state index in [4.69, 9.17) is 4.74 Å². The Hall–Kier alpha value is -1.36. The van der Waals surface area contributed by atoms with Crippen LogP contribution >= 0.6 is 0 Å². The molecule has 0 bridgehead atoms. The molecule has 17 heavy (non-hydrogen) atoms. The number of nitrogens with zero attached hydrogens (tertiary/aromatic N) is 1. The van der Waals surface area contributed by atoms with Crippen molar-refractivity contribution in [2.75, 3.05) is 26.3 Å². The monoisotopic (exact) mass is 231 g/mol. The standard InChI is InChI=1S/C13H17N3O/c1-2-11(12-4-5-14-13(12)3-1)10-15-16-6-8-17-9-7-16/h1-5,14-15H,6-10H2. The summed E-state index contributed by atoms with van der Waals surface area (Å²) in [6.45, 7) is 4.43. The SMILES string of the molecule is c1cc(CNN2CCOCC2)c2cc[nH]c2c1. The molecule has 0 unspecified atom stereocenters. The molecule has 1 aliphatic rings. The minimum Gasteiger partial charge on any atom is -0.379 e. The van der Waals surface area contributed by atoms with Crippen molar-refractivity contribution in [2.45, 2.75) is 6.54 Å². The average Bonchev–Trinajstić information content (AvgIpc) is 2.86. The van der Waals surface area contributed by atoms with E-state index < -0.39 is 0 Å². The number of aromatic amines is 1. The van der Waals surface area contributed by atoms with Gasteiger partial charge in [0, 0.05) is 36.7 Å². The molecule has 2 N–H and O–H groups in total. The first-order valence-electron chi connectivity index (χ1n) is 6.05. The molecule has 0 aliphatic carbocycles. The van der Waals surface area contributed by atoms with Gasteiger partial charge in [-0.25, -0.2) is 5.01 Å². The highest BCUT2D eigenvalue weighted by Gasteiger charge is 2.10. The van der Waals surface area contributed by atoms with Gasteiger partial charge in [0.2, 0.25) is 0 Å². The number of rotatable bonds is 3. The third kappa shape index (κ3) is 2.34. The lowest BCUT2D eigenvalue weighted by Crippen LogP contribution is -2.45. The van der Waals surface area contributed by atoms with Crippen LogP contribution in [-0.4, -0.2) is 36.3 Å². The summed E-state index contributed by atoms with van der Waals surface area (Å²) in [6.07, 6.45) is 1.99. The Kier molecular flexibility index (Phi) is 3.09. The number of morpholine rings is 1. The van der Waals surface area contributed by atoms with Crippen LogP contribution in [0.4, 0.5) is 0 Å². The first-order chi connectivity index (χ1) is 8.43. The topological polar surface area (TPSA) is 40.3 Å². The summed E-state index contributed by atoms with van der Waals surface area (Å²) in [6, 6.07) is 8.50. The van der Waals surface area contributed by atoms with Crippen molar-refractivity contribution in [2.24, 2.45) is 0 Å². The fraction of sp³-hybridized carbons (Fsp3) is 0.385. The van der Waals surface area contributed by atoms with Crippen molar-refractivity contribution < 1.29 is 4.74 Å². The summed E-state index contributed by atoms with van der Waals surface area (Å²) in [7, 11) is 0. The van der Waals surface area contributed by atoms with Gasteiger partial charge in [-0.05, 0) is 17.7 Å². The maximum Gasteiger partial charge on any atom is 0.0608 e. The number of hydrazine groups is 1. The van der Waals surface area contributed by atoms with E-state index in [1.54, 1.807) is 0 Å². The van der Waals surface area contributed by atoms with Crippen LogP contribution in [0, 0.1) is 0 Å². The van der Waals surface area contributed by atoms with Gasteiger partial charge >= 0.3 is 0 Å². The van der Waals surface area contributed by atoms with Crippen molar-refractivity contribution in [3.8, 4) is 0 Å². The minimum absolute atomic E-state index is 0.821. The first-order valence-corrected chi connectivity index (χ1v) is 6.05. The second kappa shape index (κ2) is 4.87. The lowest BCUT2D eigenvalue weighted by molar-refractivity contribution is 0.0106. The number of ether oxygens (including phenoxy) is 1. The summed E-state index contributed by atoms with van der Waals surface area (Å²) < 4.78 is 5.32. The van der Waals surface area contributed by atoms with Crippen LogP contribution in [0.15, 0.2) is 30.5 Å². The highest BCUT2D eigenvalue weighted by Crippen LogP contribution is 2.17. The lowest BCUT2D eigenvalue weighted by atomic mass is 10.1. The van der Waals surface area contributed by atoms with Crippen molar-refractivity contribution in [1.82, 2.24) is 15.4 Å². The van der Waals surface area contributed by atoms with Crippen LogP contribution in [0.25, 0.3) is 10.9 Å². The van der Waals surface area contributed by atoms with Gasteiger partial charge in [-0.2, -0.15) is 0 Å². The molecule has 4 heteroatoms. The molecule has 1 saturated heterocycles. The summed E-state index contributed by atoms with van der Waals surface area (Å²) in [5.74, 6) is 0. The molecule has 90 valence electrons. The quantitative estimate of drug-likeness (QED) is 0.841. The Balaban J connectivity index is 1.69. The molecular weight excluding hydrogens is 214 g/mol. The highest BCUT2D eigenvalue weighted by molar-refractivity contribution is 5.82. The molecule has 2 aromatic rings. The zero-order valence-corrected chi connectivity index (χ0v) is 9.78. The molecule has 0 atom stereocenters. The summed E-state index contributed by atoms with van der Waals surface area (Å²) in [5, 5.41) is 3.53. The lowest BCUT2D eigenvalue weighted by Gasteiger charge is -2.27. The van der Waals surface area contributed by atoms with E-state index in [1.807, 2.05) is 6.20 Å². The van der Waals surface area contributed by atoms with Crippen LogP contribution in [0.3, 0.4) is 0 Å². The molecule has 3 rings (SSSR count). The molecule has 1 aromatic heterocycles. The number of benzene rings is 1. The maximum absolute atomic E-state index is 5.32. The van der Waals surface area contributed by atoms with Crippen molar-refractivity contribution in [1.29, 1.82) is 0 Å². The summed E-state index contributed by atoms with van der Waals surface area (Å²) in [5.41, 5.74) is 5.99. The molecule has 4 nitrogen and oxygen atoms in total. The second-order valence-electron chi connectivity index (χ2n) is 4.29. The van der Waals surface area contributed by atoms with E-state index in [1.165, 1.54) is 16.5 Å². The molecule has 0 radical (unpaired) electrons. The number of hydrogen-bond acceptors (Lipinski definition) is 3. The summed E-state index contributed by atoms with van der Waals surface area (Å²) in [4.78, 5) is 3.24. The van der Waals surface area contributed by atoms with Gasteiger partial charge in [0.25, 0.3) is 0 Å². The number of hydrogen-bond donors (Lipinski definition) is 2. The van der Waals surface area contributed by atoms with Gasteiger partial charge in [0.1, 0.15) is 0 Å². The van der Waals surface area contributed by atoms with Crippen molar-refractivity contribution in [3.63, 3.8) is 0 Å². The number of H-pyrrole nitrogens is 1. The van der Waals surface area contributed by atoms with Crippen LogP contribution in [-0.2, 0) is 11.3 Å². The highest BCUT2D eigenvalue weighted by atomic mass is 16.5. The van der Waals surface area contributed by atoms with Crippen molar-refractivity contribution in [3.05, 3.63) is 36.0 Å². The predicted octanol–water partition coefficient (Wildman–Crippen LogP) is 1.50. The molecule has 1 aliphatic heterocycles. The molecule has 1 fully saturated rings. The van der Waals surface area contributed by atoms with E-state index in [0.717, 1.165) is 32.8 Å². The second-order valence-corrected chi connectivity index (χ2v) is 4.29. The smallest absolute Gasteiger partial charge is 0.0608 e. The van der Waals surface area contributed by atoms with E-state index in [-0.39, 0.29) is 0 Å². The maximum atomic E-state index is 5.32. The van der Waals surface area contributed by atoms with Crippen LogP contribution in [0.5, 0.6) is 0 Å². The molecule has 0 spiro atoms. The number of fused-ring (bicyclic) bond motifs is 1. The molecule has 0 saturated carbocycles. The minimum atomic E-state index is 0.821. The largest absolute Gasteiger partial charge is 0.379 e. The summed E-state index contributed by atoms with van der Waals surface area (Å²) >= 11 is 0. The van der Waals surface area contributed by atoms with Crippen LogP contribution in [0.2, 0.25) is 0 Å². The van der Waals surface area contributed by atoms with E-state index in [2.05, 4.69) is 39.7 Å². The Morgan fingerprint density at radius 2 is 2.12 bits per heavy atom. The van der Waals surface area contributed by atoms with Crippen LogP contribution in [0.1, 0.15) is 5.56 Å². The van der Waals surface area contributed by atoms with Gasteiger partial charge in [0.15, 0.2) is 0 Å². The van der Waals surface area contributed by atoms with Gasteiger partial charge in [-0.1, -0.05) is 12.1 Å². The fourth-order valence-electron chi connectivity index (χ4n) is 2.22. The van der Waals surface area contributed by atoms with Crippen LogP contribution < -0.4 is 5.43 Å². The Bertz CT molecular complexity index is 488. The van der Waals surface area contributed by atoms with Gasteiger partial charge in [-0.15, -0.1) is 0 Å². The van der Waals surface area contributed by atoms with Gasteiger partial charge < -0.3 is 9.72 Å². The van der Waals surface area contributed by atoms with Crippen molar-refractivity contribution >= 4 is 10.9 Å². The van der Waals surface area contributed by atoms with E-state index in [9.17, 15) is 0 Å². The van der Waals surface area contributed by atoms with Gasteiger partial charge in [-0.3, -0.25) is 5.43 Å². The fourth-order valence-corrected chi connectivity index (χ4v) is 2.22. The molecule has 0 amide bonds. The normalized spacial score (nSPS) is 17.6. The zero-order valence-electron chi connectivity index (χ0n) is 9.78.